The predicted octanol–water partition coefficient (Wildman–Crippen LogP) is 4.07. The van der Waals surface area contributed by atoms with Crippen molar-refractivity contribution in [2.45, 2.75) is 26.3 Å². The number of benzene rings is 1. The van der Waals surface area contributed by atoms with E-state index in [1.54, 1.807) is 23.9 Å². The van der Waals surface area contributed by atoms with Crippen LogP contribution in [0.4, 0.5) is 4.39 Å². The molecule has 0 bridgehead atoms. The molecule has 2 rings (SSSR count). The second kappa shape index (κ2) is 6.77. The van der Waals surface area contributed by atoms with Crippen molar-refractivity contribution in [3.63, 3.8) is 0 Å². The van der Waals surface area contributed by atoms with Gasteiger partial charge in [0.05, 0.1) is 5.69 Å². The van der Waals surface area contributed by atoms with Gasteiger partial charge in [-0.2, -0.15) is 5.10 Å². The van der Waals surface area contributed by atoms with Crippen molar-refractivity contribution in [2.75, 3.05) is 6.54 Å². The van der Waals surface area contributed by atoms with Crippen LogP contribution in [0.2, 0.25) is 10.2 Å². The second-order valence-corrected chi connectivity index (χ2v) is 5.75. The first-order valence-corrected chi connectivity index (χ1v) is 7.56. The van der Waals surface area contributed by atoms with Crippen LogP contribution in [0.25, 0.3) is 0 Å². The molecule has 1 N–H and O–H groups in total. The van der Waals surface area contributed by atoms with Gasteiger partial charge >= 0.3 is 0 Å². The Morgan fingerprint density at radius 1 is 1.38 bits per heavy atom. The second-order valence-electron chi connectivity index (χ2n) is 4.96. The van der Waals surface area contributed by atoms with E-state index in [0.29, 0.717) is 28.7 Å². The number of aryl methyl sites for hydroxylation is 2. The molecular weight excluding hydrogens is 312 g/mol. The van der Waals surface area contributed by atoms with Crippen LogP contribution < -0.4 is 5.32 Å². The van der Waals surface area contributed by atoms with Gasteiger partial charge < -0.3 is 5.32 Å². The van der Waals surface area contributed by atoms with Gasteiger partial charge in [0.15, 0.2) is 0 Å². The Morgan fingerprint density at radius 3 is 2.67 bits per heavy atom. The van der Waals surface area contributed by atoms with Gasteiger partial charge in [0, 0.05) is 29.2 Å². The molecule has 0 spiro atoms. The Hall–Kier alpha value is -1.10. The van der Waals surface area contributed by atoms with E-state index in [1.807, 2.05) is 13.8 Å². The molecule has 21 heavy (non-hydrogen) atoms. The Kier molecular flexibility index (Phi) is 5.25. The Balaban J connectivity index is 2.37. The first kappa shape index (κ1) is 16.3. The number of aromatic nitrogens is 2. The van der Waals surface area contributed by atoms with Crippen LogP contribution >= 0.6 is 23.2 Å². The van der Waals surface area contributed by atoms with E-state index >= 15 is 0 Å². The average Bonchev–Trinajstić information content (AvgIpc) is 2.67. The third kappa shape index (κ3) is 3.57. The van der Waals surface area contributed by atoms with E-state index in [-0.39, 0.29) is 11.9 Å². The van der Waals surface area contributed by atoms with Crippen molar-refractivity contribution in [1.29, 1.82) is 0 Å². The number of nitrogens with zero attached hydrogens (tertiary/aromatic N) is 2. The monoisotopic (exact) mass is 329 g/mol. The first-order valence-electron chi connectivity index (χ1n) is 6.80. The minimum absolute atomic E-state index is 0.200. The number of nitrogens with one attached hydrogen (secondary N) is 1. The van der Waals surface area contributed by atoms with Gasteiger partial charge in [0.2, 0.25) is 0 Å². The molecule has 0 saturated heterocycles. The summed E-state index contributed by atoms with van der Waals surface area (Å²) in [6, 6.07) is 4.39. The van der Waals surface area contributed by atoms with Crippen LogP contribution in [0.1, 0.15) is 29.8 Å². The van der Waals surface area contributed by atoms with Gasteiger partial charge in [-0.05, 0) is 38.1 Å². The van der Waals surface area contributed by atoms with Crippen LogP contribution in [0, 0.1) is 12.7 Å². The normalized spacial score (nSPS) is 12.7. The fraction of sp³-hybridized carbons (Fsp3) is 0.400. The van der Waals surface area contributed by atoms with E-state index < -0.39 is 0 Å². The van der Waals surface area contributed by atoms with E-state index in [1.165, 1.54) is 6.07 Å². The summed E-state index contributed by atoms with van der Waals surface area (Å²) in [5, 5.41) is 8.68. The molecule has 6 heteroatoms. The summed E-state index contributed by atoms with van der Waals surface area (Å²) < 4.78 is 15.7. The van der Waals surface area contributed by atoms with E-state index in [9.17, 15) is 4.39 Å². The molecule has 0 aliphatic rings. The third-order valence-corrected chi connectivity index (χ3v) is 4.17. The highest BCUT2D eigenvalue weighted by Gasteiger charge is 2.20. The first-order chi connectivity index (χ1) is 9.93. The fourth-order valence-electron chi connectivity index (χ4n) is 2.43. The lowest BCUT2D eigenvalue weighted by Crippen LogP contribution is -2.24. The molecule has 0 aliphatic carbocycles. The standard InChI is InChI=1S/C15H18Cl2FN3/c1-4-19-14(12-7-10(16)5-6-13(12)18)8-11-9(2)20-21(3)15(11)17/h5-7,14,19H,4,8H2,1-3H3. The fourth-order valence-corrected chi connectivity index (χ4v) is 2.86. The minimum Gasteiger partial charge on any atom is -0.310 e. The molecule has 3 nitrogen and oxygen atoms in total. The molecule has 2 aromatic rings. The van der Waals surface area contributed by atoms with Crippen molar-refractivity contribution in [3.8, 4) is 0 Å². The number of likely N-dealkylation sites (N-methyl/N-ethyl adjacent to an activating group) is 1. The molecule has 1 aromatic carbocycles. The van der Waals surface area contributed by atoms with Crippen molar-refractivity contribution in [1.82, 2.24) is 15.1 Å². The molecule has 1 atom stereocenters. The summed E-state index contributed by atoms with van der Waals surface area (Å²) >= 11 is 12.3. The smallest absolute Gasteiger partial charge is 0.130 e. The Labute approximate surface area is 134 Å². The van der Waals surface area contributed by atoms with Crippen LogP contribution in [0.3, 0.4) is 0 Å². The highest BCUT2D eigenvalue weighted by atomic mass is 35.5. The number of hydrogen-bond donors (Lipinski definition) is 1. The van der Waals surface area contributed by atoms with E-state index in [0.717, 1.165) is 11.3 Å². The summed E-state index contributed by atoms with van der Waals surface area (Å²) in [4.78, 5) is 0. The van der Waals surface area contributed by atoms with Crippen molar-refractivity contribution in [2.24, 2.45) is 7.05 Å². The predicted molar refractivity (Wildman–Crippen MR) is 84.5 cm³/mol. The molecule has 0 amide bonds. The summed E-state index contributed by atoms with van der Waals surface area (Å²) in [7, 11) is 1.79. The summed E-state index contributed by atoms with van der Waals surface area (Å²) in [5.41, 5.74) is 2.32. The highest BCUT2D eigenvalue weighted by Crippen LogP contribution is 2.28. The summed E-state index contributed by atoms with van der Waals surface area (Å²) in [6.07, 6.45) is 0.559. The summed E-state index contributed by atoms with van der Waals surface area (Å²) in [5.74, 6) is -0.275. The number of rotatable bonds is 5. The van der Waals surface area contributed by atoms with Crippen molar-refractivity contribution in [3.05, 3.63) is 51.0 Å². The zero-order valence-electron chi connectivity index (χ0n) is 12.3. The van der Waals surface area contributed by atoms with Crippen LogP contribution in [-0.4, -0.2) is 16.3 Å². The van der Waals surface area contributed by atoms with Crippen LogP contribution in [-0.2, 0) is 13.5 Å². The van der Waals surface area contributed by atoms with Crippen molar-refractivity contribution >= 4 is 23.2 Å². The molecular formula is C15H18Cl2FN3. The highest BCUT2D eigenvalue weighted by molar-refractivity contribution is 6.30. The molecule has 0 fully saturated rings. The molecule has 1 aromatic heterocycles. The average molecular weight is 330 g/mol. The van der Waals surface area contributed by atoms with Gasteiger partial charge in [-0.25, -0.2) is 4.39 Å². The lowest BCUT2D eigenvalue weighted by molar-refractivity contribution is 0.509. The van der Waals surface area contributed by atoms with Gasteiger partial charge in [0.1, 0.15) is 11.0 Å². The maximum absolute atomic E-state index is 14.1. The maximum atomic E-state index is 14.1. The van der Waals surface area contributed by atoms with Crippen LogP contribution in [0.15, 0.2) is 18.2 Å². The lowest BCUT2D eigenvalue weighted by atomic mass is 9.98. The van der Waals surface area contributed by atoms with E-state index in [4.69, 9.17) is 23.2 Å². The molecule has 114 valence electrons. The zero-order chi connectivity index (χ0) is 15.6. The third-order valence-electron chi connectivity index (χ3n) is 3.46. The van der Waals surface area contributed by atoms with Gasteiger partial charge in [-0.15, -0.1) is 0 Å². The minimum atomic E-state index is -0.275. The lowest BCUT2D eigenvalue weighted by Gasteiger charge is -2.19. The molecule has 0 saturated carbocycles. The molecule has 1 heterocycles. The SMILES string of the molecule is CCNC(Cc1c(C)nn(C)c1Cl)c1cc(Cl)ccc1F. The molecule has 1 unspecified atom stereocenters. The summed E-state index contributed by atoms with van der Waals surface area (Å²) in [6.45, 7) is 4.60. The quantitative estimate of drug-likeness (QED) is 0.896. The molecule has 0 radical (unpaired) electrons. The molecule has 0 aliphatic heterocycles. The van der Waals surface area contributed by atoms with Crippen LogP contribution in [0.5, 0.6) is 0 Å². The Bertz CT molecular complexity index is 640. The number of halogens is 3. The topological polar surface area (TPSA) is 29.9 Å². The Morgan fingerprint density at radius 2 is 2.10 bits per heavy atom. The van der Waals surface area contributed by atoms with Gasteiger partial charge in [-0.1, -0.05) is 30.1 Å². The van der Waals surface area contributed by atoms with Gasteiger partial charge in [-0.3, -0.25) is 4.68 Å². The largest absolute Gasteiger partial charge is 0.310 e. The number of hydrogen-bond acceptors (Lipinski definition) is 2. The van der Waals surface area contributed by atoms with Gasteiger partial charge in [0.25, 0.3) is 0 Å². The van der Waals surface area contributed by atoms with Crippen molar-refractivity contribution < 1.29 is 4.39 Å². The zero-order valence-corrected chi connectivity index (χ0v) is 13.8. The van der Waals surface area contributed by atoms with E-state index in [2.05, 4.69) is 10.4 Å². The maximum Gasteiger partial charge on any atom is 0.130 e.